The molecular formula is C12H21F2NO. The SMILES string of the molecule is CC.OCC12CCCN1CC1(C2)CC1(F)F. The van der Waals surface area contributed by atoms with Gasteiger partial charge in [-0.25, -0.2) is 8.78 Å². The van der Waals surface area contributed by atoms with E-state index in [-0.39, 0.29) is 18.6 Å². The lowest BCUT2D eigenvalue weighted by Crippen LogP contribution is -2.41. The molecule has 1 spiro atoms. The van der Waals surface area contributed by atoms with Crippen molar-refractivity contribution in [3.63, 3.8) is 0 Å². The number of nitrogens with zero attached hydrogens (tertiary/aromatic N) is 1. The molecule has 2 aliphatic heterocycles. The second-order valence-corrected chi connectivity index (χ2v) is 5.25. The maximum Gasteiger partial charge on any atom is 0.255 e. The van der Waals surface area contributed by atoms with Gasteiger partial charge < -0.3 is 5.11 Å². The van der Waals surface area contributed by atoms with Crippen LogP contribution in [0.3, 0.4) is 0 Å². The molecule has 2 heterocycles. The molecule has 0 aromatic heterocycles. The third-order valence-electron chi connectivity index (χ3n) is 4.41. The first kappa shape index (κ1) is 12.2. The smallest absolute Gasteiger partial charge is 0.255 e. The lowest BCUT2D eigenvalue weighted by Gasteiger charge is -2.29. The van der Waals surface area contributed by atoms with Gasteiger partial charge in [-0.2, -0.15) is 0 Å². The molecule has 0 aromatic rings. The fourth-order valence-electron chi connectivity index (χ4n) is 3.47. The second-order valence-electron chi connectivity index (χ2n) is 5.25. The molecular weight excluding hydrogens is 212 g/mol. The highest BCUT2D eigenvalue weighted by Crippen LogP contribution is 2.69. The van der Waals surface area contributed by atoms with Crippen LogP contribution in [0.5, 0.6) is 0 Å². The first-order chi connectivity index (χ1) is 7.54. The summed E-state index contributed by atoms with van der Waals surface area (Å²) in [5, 5.41) is 9.37. The number of halogens is 2. The van der Waals surface area contributed by atoms with E-state index < -0.39 is 11.3 Å². The van der Waals surface area contributed by atoms with Gasteiger partial charge in [-0.1, -0.05) is 13.8 Å². The molecule has 16 heavy (non-hydrogen) atoms. The van der Waals surface area contributed by atoms with Crippen LogP contribution in [-0.2, 0) is 0 Å². The largest absolute Gasteiger partial charge is 0.394 e. The highest BCUT2D eigenvalue weighted by atomic mass is 19.3. The lowest BCUT2D eigenvalue weighted by molar-refractivity contribution is 0.0644. The molecule has 0 radical (unpaired) electrons. The number of aliphatic hydroxyl groups is 1. The summed E-state index contributed by atoms with van der Waals surface area (Å²) in [5.74, 6) is -2.46. The molecule has 1 aliphatic carbocycles. The van der Waals surface area contributed by atoms with Gasteiger partial charge in [0.2, 0.25) is 0 Å². The molecule has 3 aliphatic rings. The predicted molar refractivity (Wildman–Crippen MR) is 58.6 cm³/mol. The Kier molecular flexibility index (Phi) is 2.78. The molecule has 0 bridgehead atoms. The molecule has 3 rings (SSSR count). The Morgan fingerprint density at radius 3 is 2.31 bits per heavy atom. The highest BCUT2D eigenvalue weighted by Gasteiger charge is 2.76. The van der Waals surface area contributed by atoms with Crippen LogP contribution in [0.15, 0.2) is 0 Å². The molecule has 0 aromatic carbocycles. The molecule has 94 valence electrons. The average molecular weight is 233 g/mol. The molecule has 4 heteroatoms. The van der Waals surface area contributed by atoms with Gasteiger partial charge in [0.25, 0.3) is 5.92 Å². The van der Waals surface area contributed by atoms with Gasteiger partial charge in [-0.05, 0) is 25.8 Å². The predicted octanol–water partition coefficient (Wildman–Crippen LogP) is 2.27. The fourth-order valence-corrected chi connectivity index (χ4v) is 3.47. The molecule has 1 saturated carbocycles. The van der Waals surface area contributed by atoms with Crippen LogP contribution in [0.25, 0.3) is 0 Å². The van der Waals surface area contributed by atoms with Gasteiger partial charge in [0, 0.05) is 18.5 Å². The van der Waals surface area contributed by atoms with E-state index in [1.54, 1.807) is 0 Å². The van der Waals surface area contributed by atoms with Crippen molar-refractivity contribution in [3.8, 4) is 0 Å². The Morgan fingerprint density at radius 2 is 1.88 bits per heavy atom. The summed E-state index contributed by atoms with van der Waals surface area (Å²) in [6.45, 7) is 5.43. The summed E-state index contributed by atoms with van der Waals surface area (Å²) in [6, 6.07) is 0. The van der Waals surface area contributed by atoms with Crippen molar-refractivity contribution in [1.29, 1.82) is 0 Å². The minimum atomic E-state index is -2.46. The second kappa shape index (κ2) is 3.64. The summed E-state index contributed by atoms with van der Waals surface area (Å²) in [4.78, 5) is 2.09. The van der Waals surface area contributed by atoms with Crippen LogP contribution < -0.4 is 0 Å². The quantitative estimate of drug-likeness (QED) is 0.751. The first-order valence-electron chi connectivity index (χ1n) is 6.28. The topological polar surface area (TPSA) is 23.5 Å². The van der Waals surface area contributed by atoms with E-state index in [4.69, 9.17) is 0 Å². The van der Waals surface area contributed by atoms with Gasteiger partial charge in [0.05, 0.1) is 12.0 Å². The molecule has 2 saturated heterocycles. The van der Waals surface area contributed by atoms with E-state index >= 15 is 0 Å². The minimum Gasteiger partial charge on any atom is -0.394 e. The monoisotopic (exact) mass is 233 g/mol. The van der Waals surface area contributed by atoms with Gasteiger partial charge in [0.15, 0.2) is 0 Å². The van der Waals surface area contributed by atoms with Crippen molar-refractivity contribution in [3.05, 3.63) is 0 Å². The molecule has 2 atom stereocenters. The summed E-state index contributed by atoms with van der Waals surface area (Å²) < 4.78 is 26.4. The van der Waals surface area contributed by atoms with Crippen LogP contribution in [0.2, 0.25) is 0 Å². The Morgan fingerprint density at radius 1 is 1.25 bits per heavy atom. The number of hydrogen-bond donors (Lipinski definition) is 1. The third-order valence-corrected chi connectivity index (χ3v) is 4.41. The maximum absolute atomic E-state index is 13.2. The number of alkyl halides is 2. The Bertz CT molecular complexity index is 284. The standard InChI is InChI=1S/C10H15F2NO.C2H6/c11-10(12)5-8(10)4-9(7-14)2-1-3-13(9)6-8;1-2/h14H,1-7H2;1-2H3. The van der Waals surface area contributed by atoms with E-state index in [1.165, 1.54) is 0 Å². The van der Waals surface area contributed by atoms with Crippen LogP contribution in [0.1, 0.15) is 39.5 Å². The van der Waals surface area contributed by atoms with E-state index in [9.17, 15) is 13.9 Å². The van der Waals surface area contributed by atoms with Crippen LogP contribution in [-0.4, -0.2) is 41.2 Å². The molecule has 3 fully saturated rings. The number of fused-ring (bicyclic) bond motifs is 1. The summed E-state index contributed by atoms with van der Waals surface area (Å²) in [5.41, 5.74) is -1.06. The summed E-state index contributed by atoms with van der Waals surface area (Å²) >= 11 is 0. The normalized spacial score (nSPS) is 44.1. The van der Waals surface area contributed by atoms with E-state index in [0.717, 1.165) is 19.4 Å². The molecule has 2 unspecified atom stereocenters. The van der Waals surface area contributed by atoms with Crippen molar-refractivity contribution in [1.82, 2.24) is 4.90 Å². The maximum atomic E-state index is 13.2. The van der Waals surface area contributed by atoms with Crippen LogP contribution in [0.4, 0.5) is 8.78 Å². The molecule has 2 nitrogen and oxygen atoms in total. The Hall–Kier alpha value is -0.220. The van der Waals surface area contributed by atoms with Gasteiger partial charge in [-0.3, -0.25) is 4.90 Å². The molecule has 1 N–H and O–H groups in total. The van der Waals surface area contributed by atoms with Crippen molar-refractivity contribution in [2.24, 2.45) is 5.41 Å². The molecule has 0 amide bonds. The fraction of sp³-hybridized carbons (Fsp3) is 1.00. The zero-order valence-electron chi connectivity index (χ0n) is 10.1. The minimum absolute atomic E-state index is 0.0399. The van der Waals surface area contributed by atoms with Gasteiger partial charge in [-0.15, -0.1) is 0 Å². The van der Waals surface area contributed by atoms with Gasteiger partial charge in [0.1, 0.15) is 0 Å². The average Bonchev–Trinajstić information content (AvgIpc) is 2.57. The highest BCUT2D eigenvalue weighted by molar-refractivity contribution is 5.21. The number of aliphatic hydroxyl groups excluding tert-OH is 1. The zero-order valence-corrected chi connectivity index (χ0v) is 10.1. The van der Waals surface area contributed by atoms with E-state index in [1.807, 2.05) is 13.8 Å². The summed E-state index contributed by atoms with van der Waals surface area (Å²) in [6.07, 6.45) is 2.48. The zero-order chi connectivity index (χ0) is 12.0. The van der Waals surface area contributed by atoms with Crippen LogP contribution >= 0.6 is 0 Å². The van der Waals surface area contributed by atoms with Crippen molar-refractivity contribution < 1.29 is 13.9 Å². The Labute approximate surface area is 95.6 Å². The summed E-state index contributed by atoms with van der Waals surface area (Å²) in [7, 11) is 0. The number of hydrogen-bond acceptors (Lipinski definition) is 2. The van der Waals surface area contributed by atoms with E-state index in [2.05, 4.69) is 4.90 Å². The van der Waals surface area contributed by atoms with Crippen molar-refractivity contribution >= 4 is 0 Å². The van der Waals surface area contributed by atoms with Crippen molar-refractivity contribution in [2.75, 3.05) is 19.7 Å². The third kappa shape index (κ3) is 1.42. The Balaban J connectivity index is 0.000000457. The van der Waals surface area contributed by atoms with Gasteiger partial charge >= 0.3 is 0 Å². The lowest BCUT2D eigenvalue weighted by atomic mass is 9.89. The van der Waals surface area contributed by atoms with Crippen LogP contribution in [0, 0.1) is 5.41 Å². The van der Waals surface area contributed by atoms with E-state index in [0.29, 0.717) is 13.0 Å². The first-order valence-corrected chi connectivity index (χ1v) is 6.28. The number of rotatable bonds is 1. The van der Waals surface area contributed by atoms with Crippen molar-refractivity contribution in [2.45, 2.75) is 51.0 Å².